The molecule has 2 aromatic rings. The van der Waals surface area contributed by atoms with Crippen molar-refractivity contribution in [1.82, 2.24) is 0 Å². The number of nitriles is 1. The number of benzene rings is 1. The second kappa shape index (κ2) is 3.76. The Morgan fingerprint density at radius 1 is 1.40 bits per heavy atom. The van der Waals surface area contributed by atoms with E-state index in [-0.39, 0.29) is 0 Å². The zero-order valence-corrected chi connectivity index (χ0v) is 9.14. The van der Waals surface area contributed by atoms with Gasteiger partial charge in [0.25, 0.3) is 0 Å². The molecule has 15 heavy (non-hydrogen) atoms. The normalized spacial score (nSPS) is 9.87. The Hall–Kier alpha value is -1.79. The van der Waals surface area contributed by atoms with Crippen LogP contribution in [0.1, 0.15) is 11.1 Å². The van der Waals surface area contributed by atoms with Crippen molar-refractivity contribution in [2.24, 2.45) is 0 Å². The lowest BCUT2D eigenvalue weighted by Crippen LogP contribution is -1.87. The Kier molecular flexibility index (Phi) is 2.44. The molecule has 1 heterocycles. The summed E-state index contributed by atoms with van der Waals surface area (Å²) in [5.41, 5.74) is 9.55. The molecule has 3 heteroatoms. The van der Waals surface area contributed by atoms with E-state index >= 15 is 0 Å². The van der Waals surface area contributed by atoms with E-state index in [1.165, 1.54) is 0 Å². The predicted octanol–water partition coefficient (Wildman–Crippen LogP) is 3.18. The van der Waals surface area contributed by atoms with Crippen LogP contribution in [0.2, 0.25) is 0 Å². The molecule has 2 N–H and O–H groups in total. The Balaban J connectivity index is 2.55. The summed E-state index contributed by atoms with van der Waals surface area (Å²) in [4.78, 5) is 1.05. The van der Waals surface area contributed by atoms with Gasteiger partial charge in [-0.15, -0.1) is 11.3 Å². The van der Waals surface area contributed by atoms with E-state index in [1.54, 1.807) is 17.4 Å². The van der Waals surface area contributed by atoms with Gasteiger partial charge >= 0.3 is 0 Å². The topological polar surface area (TPSA) is 49.8 Å². The van der Waals surface area contributed by atoms with Crippen LogP contribution in [0.4, 0.5) is 5.69 Å². The molecule has 0 aliphatic rings. The van der Waals surface area contributed by atoms with E-state index < -0.39 is 0 Å². The predicted molar refractivity (Wildman–Crippen MR) is 63.6 cm³/mol. The minimum Gasteiger partial charge on any atom is -0.397 e. The summed E-state index contributed by atoms with van der Waals surface area (Å²) in [6, 6.07) is 9.63. The molecule has 2 rings (SSSR count). The fourth-order valence-corrected chi connectivity index (χ4v) is 2.38. The van der Waals surface area contributed by atoms with Gasteiger partial charge in [-0.2, -0.15) is 5.26 Å². The molecule has 74 valence electrons. The standard InChI is InChI=1S/C12H10N2S/c1-8-7-15-12(11(8)14)10-4-2-3-9(5-10)6-13/h2-5,7H,14H2,1H3. The molecule has 0 bridgehead atoms. The lowest BCUT2D eigenvalue weighted by Gasteiger charge is -2.00. The lowest BCUT2D eigenvalue weighted by molar-refractivity contribution is 1.48. The number of nitrogen functional groups attached to an aromatic ring is 1. The third kappa shape index (κ3) is 1.72. The third-order valence-electron chi connectivity index (χ3n) is 2.28. The van der Waals surface area contributed by atoms with Gasteiger partial charge in [0, 0.05) is 0 Å². The van der Waals surface area contributed by atoms with Crippen LogP contribution in [0.15, 0.2) is 29.6 Å². The second-order valence-corrected chi connectivity index (χ2v) is 4.23. The summed E-state index contributed by atoms with van der Waals surface area (Å²) in [6.07, 6.45) is 0. The summed E-state index contributed by atoms with van der Waals surface area (Å²) in [6.45, 7) is 1.99. The monoisotopic (exact) mass is 214 g/mol. The molecule has 0 fully saturated rings. The van der Waals surface area contributed by atoms with Gasteiger partial charge in [-0.3, -0.25) is 0 Å². The number of hydrogen-bond acceptors (Lipinski definition) is 3. The zero-order valence-electron chi connectivity index (χ0n) is 8.32. The molecule has 0 unspecified atom stereocenters. The van der Waals surface area contributed by atoms with Crippen molar-refractivity contribution < 1.29 is 0 Å². The minimum atomic E-state index is 0.665. The number of hydrogen-bond donors (Lipinski definition) is 1. The first kappa shape index (κ1) is 9.75. The number of anilines is 1. The first-order valence-electron chi connectivity index (χ1n) is 4.56. The highest BCUT2D eigenvalue weighted by Gasteiger charge is 2.07. The number of thiophene rings is 1. The number of aryl methyl sites for hydroxylation is 1. The third-order valence-corrected chi connectivity index (χ3v) is 3.44. The SMILES string of the molecule is Cc1csc(-c2cccc(C#N)c2)c1N. The van der Waals surface area contributed by atoms with E-state index in [9.17, 15) is 0 Å². The van der Waals surface area contributed by atoms with Crippen LogP contribution in [0.3, 0.4) is 0 Å². The molecular weight excluding hydrogens is 204 g/mol. The summed E-state index contributed by atoms with van der Waals surface area (Å²) in [7, 11) is 0. The number of rotatable bonds is 1. The summed E-state index contributed by atoms with van der Waals surface area (Å²) in [5.74, 6) is 0. The molecule has 1 aromatic carbocycles. The lowest BCUT2D eigenvalue weighted by atomic mass is 10.1. The zero-order chi connectivity index (χ0) is 10.8. The molecule has 0 spiro atoms. The molecule has 0 amide bonds. The van der Waals surface area contributed by atoms with Crippen molar-refractivity contribution in [1.29, 1.82) is 5.26 Å². The van der Waals surface area contributed by atoms with Gasteiger partial charge in [0.1, 0.15) is 0 Å². The Morgan fingerprint density at radius 3 is 2.80 bits per heavy atom. The highest BCUT2D eigenvalue weighted by atomic mass is 32.1. The van der Waals surface area contributed by atoms with Crippen molar-refractivity contribution in [3.05, 3.63) is 40.8 Å². The van der Waals surface area contributed by atoms with Crippen molar-refractivity contribution in [2.75, 3.05) is 5.73 Å². The average molecular weight is 214 g/mol. The largest absolute Gasteiger partial charge is 0.397 e. The number of nitrogens with zero attached hydrogens (tertiary/aromatic N) is 1. The van der Waals surface area contributed by atoms with Gasteiger partial charge in [0.2, 0.25) is 0 Å². The first-order valence-corrected chi connectivity index (χ1v) is 5.44. The highest BCUT2D eigenvalue weighted by Crippen LogP contribution is 2.34. The molecule has 0 radical (unpaired) electrons. The van der Waals surface area contributed by atoms with Crippen molar-refractivity contribution in [3.8, 4) is 16.5 Å². The summed E-state index contributed by atoms with van der Waals surface area (Å²) >= 11 is 1.61. The van der Waals surface area contributed by atoms with Crippen LogP contribution in [0.25, 0.3) is 10.4 Å². The fraction of sp³-hybridized carbons (Fsp3) is 0.0833. The van der Waals surface area contributed by atoms with Gasteiger partial charge in [-0.25, -0.2) is 0 Å². The van der Waals surface area contributed by atoms with Crippen LogP contribution in [-0.4, -0.2) is 0 Å². The molecule has 0 atom stereocenters. The van der Waals surface area contributed by atoms with E-state index in [1.807, 2.05) is 30.5 Å². The summed E-state index contributed by atoms with van der Waals surface area (Å²) in [5, 5.41) is 10.8. The molecule has 1 aromatic heterocycles. The Morgan fingerprint density at radius 2 is 2.20 bits per heavy atom. The van der Waals surface area contributed by atoms with Crippen LogP contribution in [0.5, 0.6) is 0 Å². The fourth-order valence-electron chi connectivity index (χ4n) is 1.41. The maximum atomic E-state index is 8.81. The van der Waals surface area contributed by atoms with Crippen molar-refractivity contribution in [2.45, 2.75) is 6.92 Å². The van der Waals surface area contributed by atoms with Crippen LogP contribution in [-0.2, 0) is 0 Å². The summed E-state index contributed by atoms with van der Waals surface area (Å²) < 4.78 is 0. The molecular formula is C12H10N2S. The van der Waals surface area contributed by atoms with Crippen LogP contribution in [0, 0.1) is 18.3 Å². The van der Waals surface area contributed by atoms with Gasteiger partial charge in [0.15, 0.2) is 0 Å². The van der Waals surface area contributed by atoms with Gasteiger partial charge < -0.3 is 5.73 Å². The smallest absolute Gasteiger partial charge is 0.0991 e. The van der Waals surface area contributed by atoms with Crippen molar-refractivity contribution >= 4 is 17.0 Å². The quantitative estimate of drug-likeness (QED) is 0.792. The maximum absolute atomic E-state index is 8.81. The first-order chi connectivity index (χ1) is 7.22. The maximum Gasteiger partial charge on any atom is 0.0991 e. The van der Waals surface area contributed by atoms with E-state index in [2.05, 4.69) is 6.07 Å². The Bertz CT molecular complexity index is 535. The van der Waals surface area contributed by atoms with Crippen LogP contribution < -0.4 is 5.73 Å². The Labute approximate surface area is 92.6 Å². The second-order valence-electron chi connectivity index (χ2n) is 3.35. The van der Waals surface area contributed by atoms with E-state index in [4.69, 9.17) is 11.0 Å². The highest BCUT2D eigenvalue weighted by molar-refractivity contribution is 7.14. The number of nitrogens with two attached hydrogens (primary N) is 1. The van der Waals surface area contributed by atoms with E-state index in [0.717, 1.165) is 21.7 Å². The van der Waals surface area contributed by atoms with Gasteiger partial charge in [-0.05, 0) is 35.6 Å². The molecule has 0 aliphatic heterocycles. The average Bonchev–Trinajstić information content (AvgIpc) is 2.60. The van der Waals surface area contributed by atoms with Gasteiger partial charge in [0.05, 0.1) is 22.2 Å². The van der Waals surface area contributed by atoms with Gasteiger partial charge in [-0.1, -0.05) is 12.1 Å². The molecule has 0 saturated heterocycles. The molecule has 2 nitrogen and oxygen atoms in total. The van der Waals surface area contributed by atoms with Crippen molar-refractivity contribution in [3.63, 3.8) is 0 Å². The minimum absolute atomic E-state index is 0.665. The molecule has 0 saturated carbocycles. The van der Waals surface area contributed by atoms with E-state index in [0.29, 0.717) is 5.56 Å². The molecule has 0 aliphatic carbocycles. The van der Waals surface area contributed by atoms with Crippen LogP contribution >= 0.6 is 11.3 Å².